The SMILES string of the molecule is O[C@H](COc1ccc(Cl)cc1Cl)C[NH+]1CCCCC1. The number of rotatable bonds is 5. The zero-order valence-corrected chi connectivity index (χ0v) is 12.4. The molecular weight excluding hydrogens is 285 g/mol. The first-order valence-electron chi connectivity index (χ1n) is 6.74. The Morgan fingerprint density at radius 1 is 1.21 bits per heavy atom. The summed E-state index contributed by atoms with van der Waals surface area (Å²) in [4.78, 5) is 1.46. The molecule has 1 aromatic rings. The van der Waals surface area contributed by atoms with Crippen molar-refractivity contribution >= 4 is 23.2 Å². The molecule has 1 heterocycles. The van der Waals surface area contributed by atoms with Gasteiger partial charge in [0.1, 0.15) is 25.0 Å². The molecule has 2 N–H and O–H groups in total. The van der Waals surface area contributed by atoms with E-state index in [1.807, 2.05) is 0 Å². The van der Waals surface area contributed by atoms with Gasteiger partial charge in [0, 0.05) is 5.02 Å². The number of benzene rings is 1. The van der Waals surface area contributed by atoms with Crippen LogP contribution in [0, 0.1) is 0 Å². The number of halogens is 2. The molecule has 0 unspecified atom stereocenters. The Hall–Kier alpha value is -0.480. The fourth-order valence-corrected chi connectivity index (χ4v) is 2.89. The van der Waals surface area contributed by atoms with Crippen LogP contribution in [-0.2, 0) is 0 Å². The molecule has 3 nitrogen and oxygen atoms in total. The minimum absolute atomic E-state index is 0.269. The van der Waals surface area contributed by atoms with E-state index in [0.29, 0.717) is 15.8 Å². The first-order valence-corrected chi connectivity index (χ1v) is 7.50. The van der Waals surface area contributed by atoms with Gasteiger partial charge < -0.3 is 14.7 Å². The van der Waals surface area contributed by atoms with Crippen LogP contribution in [0.1, 0.15) is 19.3 Å². The average molecular weight is 305 g/mol. The summed E-state index contributed by atoms with van der Waals surface area (Å²) >= 11 is 11.8. The maximum atomic E-state index is 9.99. The van der Waals surface area contributed by atoms with Gasteiger partial charge in [0.15, 0.2) is 0 Å². The molecule has 106 valence electrons. The summed E-state index contributed by atoms with van der Waals surface area (Å²) in [5.41, 5.74) is 0. The van der Waals surface area contributed by atoms with E-state index < -0.39 is 6.10 Å². The van der Waals surface area contributed by atoms with Crippen LogP contribution in [0.5, 0.6) is 5.75 Å². The van der Waals surface area contributed by atoms with Crippen molar-refractivity contribution in [3.05, 3.63) is 28.2 Å². The highest BCUT2D eigenvalue weighted by Gasteiger charge is 2.18. The molecule has 0 aromatic heterocycles. The molecule has 1 fully saturated rings. The number of aliphatic hydroxyl groups is 1. The Kier molecular flexibility index (Phi) is 5.76. The van der Waals surface area contributed by atoms with Crippen LogP contribution < -0.4 is 9.64 Å². The summed E-state index contributed by atoms with van der Waals surface area (Å²) in [6.07, 6.45) is 3.37. The molecule has 0 bridgehead atoms. The van der Waals surface area contributed by atoms with E-state index in [0.717, 1.165) is 19.6 Å². The van der Waals surface area contributed by atoms with Crippen LogP contribution in [0.3, 0.4) is 0 Å². The lowest BCUT2D eigenvalue weighted by Gasteiger charge is -2.25. The van der Waals surface area contributed by atoms with Crippen molar-refractivity contribution < 1.29 is 14.7 Å². The lowest BCUT2D eigenvalue weighted by atomic mass is 10.1. The highest BCUT2D eigenvalue weighted by atomic mass is 35.5. The van der Waals surface area contributed by atoms with E-state index >= 15 is 0 Å². The zero-order valence-electron chi connectivity index (χ0n) is 10.9. The molecule has 1 aliphatic rings. The summed E-state index contributed by atoms with van der Waals surface area (Å²) in [6.45, 7) is 3.31. The third-order valence-corrected chi connectivity index (χ3v) is 3.94. The average Bonchev–Trinajstić information content (AvgIpc) is 2.39. The minimum Gasteiger partial charge on any atom is -0.489 e. The van der Waals surface area contributed by atoms with Crippen LogP contribution in [0.2, 0.25) is 10.0 Å². The van der Waals surface area contributed by atoms with Gasteiger partial charge in [0.2, 0.25) is 0 Å². The van der Waals surface area contributed by atoms with Crippen molar-refractivity contribution in [2.45, 2.75) is 25.4 Å². The zero-order chi connectivity index (χ0) is 13.7. The van der Waals surface area contributed by atoms with Gasteiger partial charge >= 0.3 is 0 Å². The lowest BCUT2D eigenvalue weighted by Crippen LogP contribution is -3.14. The second kappa shape index (κ2) is 7.34. The summed E-state index contributed by atoms with van der Waals surface area (Å²) in [7, 11) is 0. The molecule has 1 aromatic carbocycles. The number of nitrogens with one attached hydrogen (secondary N) is 1. The van der Waals surface area contributed by atoms with Crippen molar-refractivity contribution in [1.82, 2.24) is 0 Å². The quantitative estimate of drug-likeness (QED) is 0.870. The monoisotopic (exact) mass is 304 g/mol. The fraction of sp³-hybridized carbons (Fsp3) is 0.571. The van der Waals surface area contributed by atoms with Crippen LogP contribution >= 0.6 is 23.2 Å². The van der Waals surface area contributed by atoms with Crippen molar-refractivity contribution in [3.63, 3.8) is 0 Å². The molecule has 1 saturated heterocycles. The van der Waals surface area contributed by atoms with E-state index in [1.165, 1.54) is 24.2 Å². The normalized spacial score (nSPS) is 18.3. The van der Waals surface area contributed by atoms with Crippen LogP contribution in [0.4, 0.5) is 0 Å². The van der Waals surface area contributed by atoms with Crippen LogP contribution in [0.25, 0.3) is 0 Å². The van der Waals surface area contributed by atoms with Crippen molar-refractivity contribution in [2.75, 3.05) is 26.2 Å². The van der Waals surface area contributed by atoms with Gasteiger partial charge in [-0.2, -0.15) is 0 Å². The van der Waals surface area contributed by atoms with Gasteiger partial charge in [-0.3, -0.25) is 0 Å². The molecule has 0 spiro atoms. The molecule has 19 heavy (non-hydrogen) atoms. The Labute approximate surface area is 124 Å². The molecule has 0 saturated carbocycles. The van der Waals surface area contributed by atoms with E-state index in [-0.39, 0.29) is 6.61 Å². The number of hydrogen-bond acceptors (Lipinski definition) is 2. The summed E-state index contributed by atoms with van der Waals surface area (Å²) in [5, 5.41) is 11.0. The van der Waals surface area contributed by atoms with Crippen molar-refractivity contribution in [2.24, 2.45) is 0 Å². The lowest BCUT2D eigenvalue weighted by molar-refractivity contribution is -0.908. The van der Waals surface area contributed by atoms with Gasteiger partial charge in [0.05, 0.1) is 18.1 Å². The highest BCUT2D eigenvalue weighted by molar-refractivity contribution is 6.35. The number of aliphatic hydroxyl groups excluding tert-OH is 1. The third kappa shape index (κ3) is 4.84. The van der Waals surface area contributed by atoms with Gasteiger partial charge in [-0.15, -0.1) is 0 Å². The highest BCUT2D eigenvalue weighted by Crippen LogP contribution is 2.27. The first-order chi connectivity index (χ1) is 9.15. The predicted octanol–water partition coefficient (Wildman–Crippen LogP) is 1.80. The molecule has 5 heteroatoms. The number of quaternary nitrogens is 1. The fourth-order valence-electron chi connectivity index (χ4n) is 2.43. The van der Waals surface area contributed by atoms with E-state index in [9.17, 15) is 5.11 Å². The Morgan fingerprint density at radius 3 is 2.63 bits per heavy atom. The van der Waals surface area contributed by atoms with Gasteiger partial charge in [0.25, 0.3) is 0 Å². The second-order valence-electron chi connectivity index (χ2n) is 5.05. The van der Waals surface area contributed by atoms with Crippen molar-refractivity contribution in [3.8, 4) is 5.75 Å². The van der Waals surface area contributed by atoms with Gasteiger partial charge in [-0.05, 0) is 37.5 Å². The predicted molar refractivity (Wildman–Crippen MR) is 77.4 cm³/mol. The van der Waals surface area contributed by atoms with Gasteiger partial charge in [-0.25, -0.2) is 0 Å². The van der Waals surface area contributed by atoms with Crippen LogP contribution in [-0.4, -0.2) is 37.5 Å². The smallest absolute Gasteiger partial charge is 0.138 e. The number of ether oxygens (including phenoxy) is 1. The maximum absolute atomic E-state index is 9.99. The standard InChI is InChI=1S/C14H19Cl2NO2/c15-11-4-5-14(13(16)8-11)19-10-12(18)9-17-6-2-1-3-7-17/h4-5,8,12,18H,1-3,6-7,9-10H2/p+1/t12-/m0/s1. The molecule has 1 atom stereocenters. The first kappa shape index (κ1) is 14.9. The summed E-state index contributed by atoms with van der Waals surface area (Å²) in [6, 6.07) is 5.09. The maximum Gasteiger partial charge on any atom is 0.138 e. The van der Waals surface area contributed by atoms with E-state index in [4.69, 9.17) is 27.9 Å². The Bertz CT molecular complexity index is 408. The molecule has 0 radical (unpaired) electrons. The molecule has 0 aliphatic carbocycles. The Morgan fingerprint density at radius 2 is 1.95 bits per heavy atom. The largest absolute Gasteiger partial charge is 0.489 e. The van der Waals surface area contributed by atoms with E-state index in [1.54, 1.807) is 18.2 Å². The molecule has 1 aliphatic heterocycles. The molecule has 0 amide bonds. The van der Waals surface area contributed by atoms with Gasteiger partial charge in [-0.1, -0.05) is 23.2 Å². The number of hydrogen-bond donors (Lipinski definition) is 2. The topological polar surface area (TPSA) is 33.9 Å². The minimum atomic E-state index is -0.458. The third-order valence-electron chi connectivity index (χ3n) is 3.41. The second-order valence-corrected chi connectivity index (χ2v) is 5.90. The summed E-state index contributed by atoms with van der Waals surface area (Å²) < 4.78 is 5.54. The molecular formula is C14H20Cl2NO2+. The van der Waals surface area contributed by atoms with E-state index in [2.05, 4.69) is 0 Å². The summed E-state index contributed by atoms with van der Waals surface area (Å²) in [5.74, 6) is 0.568. The number of likely N-dealkylation sites (tertiary alicyclic amines) is 1. The van der Waals surface area contributed by atoms with Crippen molar-refractivity contribution in [1.29, 1.82) is 0 Å². The molecule has 2 rings (SSSR count). The van der Waals surface area contributed by atoms with Crippen LogP contribution in [0.15, 0.2) is 18.2 Å². The number of piperidine rings is 1. The Balaban J connectivity index is 1.77.